The van der Waals surface area contributed by atoms with E-state index in [1.54, 1.807) is 35.2 Å². The predicted octanol–water partition coefficient (Wildman–Crippen LogP) is 3.81. The average molecular weight is 465 g/mol. The van der Waals surface area contributed by atoms with Gasteiger partial charge in [0.15, 0.2) is 0 Å². The molecular formula is C23H26ClFN2O3S. The molecular weight excluding hydrogens is 439 g/mol. The lowest BCUT2D eigenvalue weighted by atomic mass is 9.77. The van der Waals surface area contributed by atoms with Gasteiger partial charge < -0.3 is 10.2 Å². The SMILES string of the molecule is CC(Cc1ccc(F)cc1)N1C(=O)C2(CCNCC2)CC1S(=O)(=O)c1ccccc1Cl. The number of sulfone groups is 1. The number of amides is 1. The Morgan fingerprint density at radius 2 is 1.81 bits per heavy atom. The fraction of sp³-hybridized carbons (Fsp3) is 0.435. The third-order valence-corrected chi connectivity index (χ3v) is 9.07. The second-order valence-electron chi connectivity index (χ2n) is 8.56. The maximum atomic E-state index is 13.7. The van der Waals surface area contributed by atoms with Crippen LogP contribution in [0.4, 0.5) is 4.39 Å². The molecule has 0 radical (unpaired) electrons. The van der Waals surface area contributed by atoms with Crippen molar-refractivity contribution < 1.29 is 17.6 Å². The second-order valence-corrected chi connectivity index (χ2v) is 11.0. The highest BCUT2D eigenvalue weighted by atomic mass is 35.5. The molecule has 5 nitrogen and oxygen atoms in total. The predicted molar refractivity (Wildman–Crippen MR) is 118 cm³/mol. The minimum Gasteiger partial charge on any atom is -0.322 e. The van der Waals surface area contributed by atoms with Crippen LogP contribution in [0.3, 0.4) is 0 Å². The molecule has 1 amide bonds. The Labute approximate surface area is 187 Å². The summed E-state index contributed by atoms with van der Waals surface area (Å²) >= 11 is 6.24. The fourth-order valence-electron chi connectivity index (χ4n) is 4.87. The van der Waals surface area contributed by atoms with Gasteiger partial charge in [-0.3, -0.25) is 4.79 Å². The van der Waals surface area contributed by atoms with Crippen molar-refractivity contribution >= 4 is 27.3 Å². The molecule has 31 heavy (non-hydrogen) atoms. The van der Waals surface area contributed by atoms with E-state index in [0.717, 1.165) is 5.56 Å². The number of halogens is 2. The van der Waals surface area contributed by atoms with Gasteiger partial charge in [-0.05, 0) is 75.5 Å². The lowest BCUT2D eigenvalue weighted by molar-refractivity contribution is -0.139. The summed E-state index contributed by atoms with van der Waals surface area (Å²) in [4.78, 5) is 15.3. The van der Waals surface area contributed by atoms with Gasteiger partial charge in [0.05, 0.1) is 15.3 Å². The van der Waals surface area contributed by atoms with Gasteiger partial charge in [-0.2, -0.15) is 0 Å². The molecule has 4 rings (SSSR count). The Morgan fingerprint density at radius 1 is 1.16 bits per heavy atom. The molecule has 2 atom stereocenters. The Morgan fingerprint density at radius 3 is 2.45 bits per heavy atom. The van der Waals surface area contributed by atoms with Crippen LogP contribution in [0.1, 0.15) is 31.7 Å². The molecule has 2 aliphatic heterocycles. The Hall–Kier alpha value is -1.96. The van der Waals surface area contributed by atoms with Crippen LogP contribution in [0.15, 0.2) is 53.4 Å². The van der Waals surface area contributed by atoms with Gasteiger partial charge in [0.1, 0.15) is 11.2 Å². The normalized spacial score (nSPS) is 22.1. The van der Waals surface area contributed by atoms with Crippen molar-refractivity contribution in [3.05, 3.63) is 64.9 Å². The lowest BCUT2D eigenvalue weighted by Crippen LogP contribution is -2.48. The Balaban J connectivity index is 1.72. The number of carbonyl (C=O) groups excluding carboxylic acids is 1. The summed E-state index contributed by atoms with van der Waals surface area (Å²) in [5.41, 5.74) is 0.170. The van der Waals surface area contributed by atoms with E-state index in [4.69, 9.17) is 11.6 Å². The van der Waals surface area contributed by atoms with E-state index in [1.807, 2.05) is 6.92 Å². The van der Waals surface area contributed by atoms with Gasteiger partial charge in [0, 0.05) is 6.04 Å². The zero-order valence-corrected chi connectivity index (χ0v) is 18.9. The maximum Gasteiger partial charge on any atom is 0.230 e. The van der Waals surface area contributed by atoms with Crippen molar-refractivity contribution in [3.63, 3.8) is 0 Å². The Bertz CT molecular complexity index is 1070. The van der Waals surface area contributed by atoms with Crippen molar-refractivity contribution in [2.24, 2.45) is 5.41 Å². The summed E-state index contributed by atoms with van der Waals surface area (Å²) in [6.45, 7) is 3.23. The van der Waals surface area contributed by atoms with E-state index in [2.05, 4.69) is 5.32 Å². The topological polar surface area (TPSA) is 66.5 Å². The molecule has 2 saturated heterocycles. The summed E-state index contributed by atoms with van der Waals surface area (Å²) in [6, 6.07) is 12.1. The molecule has 2 fully saturated rings. The first-order chi connectivity index (χ1) is 14.7. The van der Waals surface area contributed by atoms with E-state index < -0.39 is 20.6 Å². The molecule has 2 aromatic carbocycles. The summed E-state index contributed by atoms with van der Waals surface area (Å²) in [6.07, 6.45) is 1.92. The summed E-state index contributed by atoms with van der Waals surface area (Å²) < 4.78 is 40.7. The van der Waals surface area contributed by atoms with Gasteiger partial charge in [0.2, 0.25) is 15.7 Å². The third kappa shape index (κ3) is 4.11. The molecule has 1 N–H and O–H groups in total. The van der Waals surface area contributed by atoms with Crippen molar-refractivity contribution in [1.29, 1.82) is 0 Å². The van der Waals surface area contributed by atoms with Gasteiger partial charge in [0.25, 0.3) is 0 Å². The number of nitrogens with one attached hydrogen (secondary N) is 1. The van der Waals surface area contributed by atoms with Crippen molar-refractivity contribution in [1.82, 2.24) is 10.2 Å². The maximum absolute atomic E-state index is 13.7. The van der Waals surface area contributed by atoms with Gasteiger partial charge in [-0.25, -0.2) is 12.8 Å². The minimum absolute atomic E-state index is 0.0550. The standard InChI is InChI=1S/C23H26ClFN2O3S/c1-16(14-17-6-8-18(25)9-7-17)27-21(15-23(22(27)28)10-12-26-13-11-23)31(29,30)20-5-3-2-4-19(20)24/h2-9,16,21,26H,10-15H2,1H3. The number of likely N-dealkylation sites (tertiary alicyclic amines) is 1. The molecule has 1 spiro atoms. The second kappa shape index (κ2) is 8.52. The zero-order chi connectivity index (χ0) is 22.2. The number of rotatable bonds is 5. The smallest absolute Gasteiger partial charge is 0.230 e. The van der Waals surface area contributed by atoms with Crippen LogP contribution >= 0.6 is 11.6 Å². The largest absolute Gasteiger partial charge is 0.322 e. The van der Waals surface area contributed by atoms with Crippen LogP contribution in [0.5, 0.6) is 0 Å². The van der Waals surface area contributed by atoms with E-state index in [1.165, 1.54) is 18.2 Å². The first kappa shape index (κ1) is 22.2. The molecule has 2 heterocycles. The van der Waals surface area contributed by atoms with Crippen LogP contribution in [0, 0.1) is 11.2 Å². The zero-order valence-electron chi connectivity index (χ0n) is 17.4. The monoisotopic (exact) mass is 464 g/mol. The van der Waals surface area contributed by atoms with E-state index >= 15 is 0 Å². The average Bonchev–Trinajstić information content (AvgIpc) is 3.03. The highest BCUT2D eigenvalue weighted by molar-refractivity contribution is 7.92. The van der Waals surface area contributed by atoms with Crippen molar-refractivity contribution in [2.45, 2.75) is 48.9 Å². The van der Waals surface area contributed by atoms with Gasteiger partial charge in [-0.1, -0.05) is 35.9 Å². The van der Waals surface area contributed by atoms with Gasteiger partial charge in [-0.15, -0.1) is 0 Å². The Kier molecular flexibility index (Phi) is 6.12. The lowest BCUT2D eigenvalue weighted by Gasteiger charge is -2.34. The minimum atomic E-state index is -3.88. The molecule has 2 aromatic rings. The van der Waals surface area contributed by atoms with Crippen molar-refractivity contribution in [2.75, 3.05) is 13.1 Å². The quantitative estimate of drug-likeness (QED) is 0.730. The molecule has 8 heteroatoms. The fourth-order valence-corrected chi connectivity index (χ4v) is 7.37. The van der Waals surface area contributed by atoms with Crippen LogP contribution in [-0.4, -0.2) is 43.7 Å². The number of hydrogen-bond acceptors (Lipinski definition) is 4. The number of benzene rings is 2. The van der Waals surface area contributed by atoms with Crippen LogP contribution < -0.4 is 5.32 Å². The molecule has 0 aliphatic carbocycles. The molecule has 0 saturated carbocycles. The molecule has 2 aliphatic rings. The summed E-state index contributed by atoms with van der Waals surface area (Å²) in [5.74, 6) is -0.439. The molecule has 166 valence electrons. The van der Waals surface area contributed by atoms with E-state index in [0.29, 0.717) is 32.4 Å². The number of piperidine rings is 1. The number of hydrogen-bond donors (Lipinski definition) is 1. The van der Waals surface area contributed by atoms with Crippen molar-refractivity contribution in [3.8, 4) is 0 Å². The van der Waals surface area contributed by atoms with Crippen LogP contribution in [0.2, 0.25) is 5.02 Å². The van der Waals surface area contributed by atoms with E-state index in [-0.39, 0.29) is 34.1 Å². The van der Waals surface area contributed by atoms with Gasteiger partial charge >= 0.3 is 0 Å². The summed E-state index contributed by atoms with van der Waals surface area (Å²) in [5, 5.41) is 2.44. The third-order valence-electron chi connectivity index (χ3n) is 6.55. The highest BCUT2D eigenvalue weighted by Gasteiger charge is 2.57. The molecule has 0 bridgehead atoms. The van der Waals surface area contributed by atoms with E-state index in [9.17, 15) is 17.6 Å². The highest BCUT2D eigenvalue weighted by Crippen LogP contribution is 2.47. The first-order valence-electron chi connectivity index (χ1n) is 10.5. The van der Waals surface area contributed by atoms with Crippen LogP contribution in [0.25, 0.3) is 0 Å². The molecule has 0 aromatic heterocycles. The van der Waals surface area contributed by atoms with Crippen LogP contribution in [-0.2, 0) is 21.1 Å². The summed E-state index contributed by atoms with van der Waals surface area (Å²) in [7, 11) is -3.88. The number of nitrogens with zero attached hydrogens (tertiary/aromatic N) is 1. The molecule has 2 unspecified atom stereocenters. The first-order valence-corrected chi connectivity index (χ1v) is 12.4. The number of carbonyl (C=O) groups is 1.